The quantitative estimate of drug-likeness (QED) is 0.520. The molecule has 5 nitrogen and oxygen atoms in total. The number of Topliss-reactive ketones (excluding diaryl/α,β-unsaturated/α-hetero) is 1. The van der Waals surface area contributed by atoms with Gasteiger partial charge in [-0.3, -0.25) is 14.8 Å². The monoisotopic (exact) mass is 142 g/mol. The largest absolute Gasteiger partial charge is 0.291 e. The molecule has 5 heteroatoms. The average molecular weight is 142 g/mol. The maximum atomic E-state index is 10.5. The molecule has 0 aromatic heterocycles. The van der Waals surface area contributed by atoms with Gasteiger partial charge in [0.2, 0.25) is 0 Å². The summed E-state index contributed by atoms with van der Waals surface area (Å²) in [6.07, 6.45) is 0. The molecule has 0 bridgehead atoms. The third-order valence-electron chi connectivity index (χ3n) is 1.08. The zero-order chi connectivity index (χ0) is 7.72. The fourth-order valence-corrected chi connectivity index (χ4v) is 0.675. The highest BCUT2D eigenvalue weighted by molar-refractivity contribution is 6.40. The summed E-state index contributed by atoms with van der Waals surface area (Å²) in [4.78, 5) is 24.2. The van der Waals surface area contributed by atoms with Crippen LogP contribution in [-0.2, 0) is 9.59 Å². The smallest absolute Gasteiger partial charge is 0.270 e. The van der Waals surface area contributed by atoms with Gasteiger partial charge in [0.15, 0.2) is 11.6 Å². The SMILES string of the molecule is CC(=O)C1=NC(=O)CN1O. The standard InChI is InChI=1S/C5H6N2O3/c1-3(8)5-6-4(9)2-7(5)10/h10H,2H2,1H3. The lowest BCUT2D eigenvalue weighted by Gasteiger charge is -2.05. The number of amides is 1. The summed E-state index contributed by atoms with van der Waals surface area (Å²) < 4.78 is 0. The third kappa shape index (κ3) is 1.03. The second kappa shape index (κ2) is 2.18. The van der Waals surface area contributed by atoms with Crippen molar-refractivity contribution in [3.05, 3.63) is 0 Å². The van der Waals surface area contributed by atoms with E-state index in [9.17, 15) is 9.59 Å². The average Bonchev–Trinajstić information content (AvgIpc) is 2.10. The predicted octanol–water partition coefficient (Wildman–Crippen LogP) is -0.795. The number of hydrogen-bond donors (Lipinski definition) is 1. The summed E-state index contributed by atoms with van der Waals surface area (Å²) in [5.74, 6) is -1.08. The Bertz CT molecular complexity index is 221. The van der Waals surface area contributed by atoms with E-state index in [1.54, 1.807) is 0 Å². The van der Waals surface area contributed by atoms with Crippen LogP contribution in [0, 0.1) is 0 Å². The lowest BCUT2D eigenvalue weighted by molar-refractivity contribution is -0.121. The Kier molecular flexibility index (Phi) is 1.50. The van der Waals surface area contributed by atoms with E-state index in [0.29, 0.717) is 5.06 Å². The van der Waals surface area contributed by atoms with E-state index in [0.717, 1.165) is 0 Å². The van der Waals surface area contributed by atoms with Crippen LogP contribution in [-0.4, -0.2) is 34.3 Å². The second-order valence-corrected chi connectivity index (χ2v) is 1.94. The zero-order valence-electron chi connectivity index (χ0n) is 5.37. The van der Waals surface area contributed by atoms with Gasteiger partial charge in [0.05, 0.1) is 0 Å². The van der Waals surface area contributed by atoms with Gasteiger partial charge in [-0.05, 0) is 0 Å². The first-order chi connectivity index (χ1) is 4.61. The van der Waals surface area contributed by atoms with Gasteiger partial charge in [-0.15, -0.1) is 0 Å². The van der Waals surface area contributed by atoms with Crippen LogP contribution in [0.2, 0.25) is 0 Å². The van der Waals surface area contributed by atoms with Gasteiger partial charge in [-0.2, -0.15) is 4.99 Å². The number of hydroxylamine groups is 2. The van der Waals surface area contributed by atoms with E-state index in [1.165, 1.54) is 6.92 Å². The number of rotatable bonds is 1. The maximum Gasteiger partial charge on any atom is 0.270 e. The second-order valence-electron chi connectivity index (χ2n) is 1.94. The van der Waals surface area contributed by atoms with Crippen LogP contribution in [0.4, 0.5) is 0 Å². The molecule has 1 rings (SSSR count). The Morgan fingerprint density at radius 1 is 1.80 bits per heavy atom. The molecular formula is C5H6N2O3. The van der Waals surface area contributed by atoms with Crippen molar-refractivity contribution in [2.75, 3.05) is 6.54 Å². The number of ketones is 1. The molecule has 1 amide bonds. The summed E-state index contributed by atoms with van der Waals surface area (Å²) in [5.41, 5.74) is 0. The first-order valence-corrected chi connectivity index (χ1v) is 2.70. The Labute approximate surface area is 56.9 Å². The van der Waals surface area contributed by atoms with Gasteiger partial charge in [0.1, 0.15) is 6.54 Å². The molecular weight excluding hydrogens is 136 g/mol. The van der Waals surface area contributed by atoms with E-state index in [1.807, 2.05) is 0 Å². The normalized spacial score (nSPS) is 17.6. The molecule has 0 fully saturated rings. The number of carbonyl (C=O) groups is 2. The number of nitrogens with zero attached hydrogens (tertiary/aromatic N) is 2. The third-order valence-corrected chi connectivity index (χ3v) is 1.08. The Morgan fingerprint density at radius 3 is 2.60 bits per heavy atom. The van der Waals surface area contributed by atoms with Crippen molar-refractivity contribution in [1.82, 2.24) is 5.06 Å². The van der Waals surface area contributed by atoms with Crippen LogP contribution in [0.15, 0.2) is 4.99 Å². The zero-order valence-corrected chi connectivity index (χ0v) is 5.37. The summed E-state index contributed by atoms with van der Waals surface area (Å²) in [6.45, 7) is 1.02. The van der Waals surface area contributed by atoms with Crippen molar-refractivity contribution < 1.29 is 14.8 Å². The lowest BCUT2D eigenvalue weighted by atomic mass is 10.4. The van der Waals surface area contributed by atoms with E-state index in [-0.39, 0.29) is 12.4 Å². The maximum absolute atomic E-state index is 10.5. The molecule has 1 aliphatic heterocycles. The molecule has 0 aliphatic carbocycles. The summed E-state index contributed by atoms with van der Waals surface area (Å²) in [7, 11) is 0. The van der Waals surface area contributed by atoms with Crippen LogP contribution >= 0.6 is 0 Å². The van der Waals surface area contributed by atoms with Crippen LogP contribution in [0.5, 0.6) is 0 Å². The minimum absolute atomic E-state index is 0.176. The van der Waals surface area contributed by atoms with Crippen molar-refractivity contribution in [1.29, 1.82) is 0 Å². The van der Waals surface area contributed by atoms with Gasteiger partial charge in [0, 0.05) is 6.92 Å². The molecule has 0 spiro atoms. The lowest BCUT2D eigenvalue weighted by Crippen LogP contribution is -2.29. The summed E-state index contributed by atoms with van der Waals surface area (Å²) >= 11 is 0. The van der Waals surface area contributed by atoms with Crippen molar-refractivity contribution in [2.45, 2.75) is 6.92 Å². The first kappa shape index (κ1) is 6.88. The van der Waals surface area contributed by atoms with Gasteiger partial charge in [-0.1, -0.05) is 0 Å². The molecule has 54 valence electrons. The topological polar surface area (TPSA) is 70.0 Å². The van der Waals surface area contributed by atoms with Crippen LogP contribution in [0.25, 0.3) is 0 Å². The van der Waals surface area contributed by atoms with Crippen LogP contribution in [0.1, 0.15) is 6.92 Å². The van der Waals surface area contributed by atoms with Gasteiger partial charge in [-0.25, -0.2) is 5.06 Å². The fourth-order valence-electron chi connectivity index (χ4n) is 0.675. The minimum atomic E-state index is -0.493. The van der Waals surface area contributed by atoms with Crippen molar-refractivity contribution in [3.8, 4) is 0 Å². The number of carbonyl (C=O) groups excluding carboxylic acids is 2. The molecule has 0 unspecified atom stereocenters. The van der Waals surface area contributed by atoms with Gasteiger partial charge in [0.25, 0.3) is 5.91 Å². The van der Waals surface area contributed by atoms with E-state index >= 15 is 0 Å². The van der Waals surface area contributed by atoms with Gasteiger partial charge < -0.3 is 0 Å². The van der Waals surface area contributed by atoms with Crippen molar-refractivity contribution >= 4 is 17.5 Å². The van der Waals surface area contributed by atoms with E-state index in [2.05, 4.69) is 4.99 Å². The number of amidine groups is 1. The summed E-state index contributed by atoms with van der Waals surface area (Å²) in [5, 5.41) is 9.34. The van der Waals surface area contributed by atoms with Crippen LogP contribution < -0.4 is 0 Å². The molecule has 0 atom stereocenters. The van der Waals surface area contributed by atoms with Crippen molar-refractivity contribution in [2.24, 2.45) is 4.99 Å². The molecule has 0 radical (unpaired) electrons. The molecule has 1 aliphatic rings. The minimum Gasteiger partial charge on any atom is -0.291 e. The Morgan fingerprint density at radius 2 is 2.40 bits per heavy atom. The van der Waals surface area contributed by atoms with Gasteiger partial charge >= 0.3 is 0 Å². The fraction of sp³-hybridized carbons (Fsp3) is 0.400. The van der Waals surface area contributed by atoms with E-state index in [4.69, 9.17) is 5.21 Å². The molecule has 10 heavy (non-hydrogen) atoms. The molecule has 1 N–H and O–H groups in total. The first-order valence-electron chi connectivity index (χ1n) is 2.70. The Hall–Kier alpha value is -1.23. The molecule has 1 heterocycles. The summed E-state index contributed by atoms with van der Waals surface area (Å²) in [6, 6.07) is 0. The van der Waals surface area contributed by atoms with Crippen molar-refractivity contribution in [3.63, 3.8) is 0 Å². The highest BCUT2D eigenvalue weighted by atomic mass is 16.5. The molecule has 0 saturated carbocycles. The molecule has 0 saturated heterocycles. The molecule has 0 aromatic rings. The predicted molar refractivity (Wildman–Crippen MR) is 31.6 cm³/mol. The van der Waals surface area contributed by atoms with Crippen LogP contribution in [0.3, 0.4) is 0 Å². The number of hydrogen-bond acceptors (Lipinski definition) is 4. The number of aliphatic imine (C=N–C) groups is 1. The highest BCUT2D eigenvalue weighted by Crippen LogP contribution is 1.99. The highest BCUT2D eigenvalue weighted by Gasteiger charge is 2.24. The Balaban J connectivity index is 2.85. The molecule has 0 aromatic carbocycles. The van der Waals surface area contributed by atoms with E-state index < -0.39 is 11.7 Å².